The molecule has 1 atom stereocenters. The summed E-state index contributed by atoms with van der Waals surface area (Å²) in [6.45, 7) is 1.99. The van der Waals surface area contributed by atoms with Crippen LogP contribution in [0.5, 0.6) is 0 Å². The first-order chi connectivity index (χ1) is 15.4. The standard InChI is InChI=1S/C25H18ClNO5/c1-14-5-2-3-7-18(14)22-21(24(29)25(30)27(22)13-17-6-4-10-31-17)23(28)20-12-15-11-16(26)8-9-19(15)32-20/h2-12,22,29H,13H2,1H3. The van der Waals surface area contributed by atoms with Gasteiger partial charge in [-0.15, -0.1) is 0 Å². The second-order valence-corrected chi connectivity index (χ2v) is 8.09. The van der Waals surface area contributed by atoms with E-state index < -0.39 is 23.5 Å². The summed E-state index contributed by atoms with van der Waals surface area (Å²) < 4.78 is 11.1. The van der Waals surface area contributed by atoms with E-state index >= 15 is 0 Å². The van der Waals surface area contributed by atoms with Crippen molar-refractivity contribution in [1.29, 1.82) is 0 Å². The molecule has 1 aliphatic rings. The normalized spacial score (nSPS) is 16.4. The van der Waals surface area contributed by atoms with E-state index in [2.05, 4.69) is 0 Å². The molecule has 0 radical (unpaired) electrons. The van der Waals surface area contributed by atoms with Crippen molar-refractivity contribution in [3.63, 3.8) is 0 Å². The van der Waals surface area contributed by atoms with E-state index in [4.69, 9.17) is 20.4 Å². The molecule has 3 heterocycles. The molecule has 6 nitrogen and oxygen atoms in total. The van der Waals surface area contributed by atoms with Gasteiger partial charge in [-0.1, -0.05) is 35.9 Å². The van der Waals surface area contributed by atoms with Crippen LogP contribution in [0, 0.1) is 6.92 Å². The van der Waals surface area contributed by atoms with E-state index in [-0.39, 0.29) is 17.9 Å². The maximum Gasteiger partial charge on any atom is 0.290 e. The number of hydrogen-bond donors (Lipinski definition) is 1. The average molecular weight is 448 g/mol. The molecule has 0 fully saturated rings. The highest BCUT2D eigenvalue weighted by molar-refractivity contribution is 6.31. The Kier molecular flexibility index (Phi) is 4.87. The predicted molar refractivity (Wildman–Crippen MR) is 118 cm³/mol. The topological polar surface area (TPSA) is 83.9 Å². The van der Waals surface area contributed by atoms with Gasteiger partial charge in [0.1, 0.15) is 11.3 Å². The smallest absolute Gasteiger partial charge is 0.290 e. The number of hydrogen-bond acceptors (Lipinski definition) is 5. The van der Waals surface area contributed by atoms with Crippen LogP contribution in [0.25, 0.3) is 11.0 Å². The molecular weight excluding hydrogens is 430 g/mol. The lowest BCUT2D eigenvalue weighted by atomic mass is 9.92. The number of furan rings is 2. The van der Waals surface area contributed by atoms with Crippen LogP contribution in [-0.2, 0) is 11.3 Å². The molecule has 0 spiro atoms. The maximum atomic E-state index is 13.6. The molecule has 1 N–H and O–H groups in total. The monoisotopic (exact) mass is 447 g/mol. The number of Topliss-reactive ketones (excluding diaryl/α,β-unsaturated/α-hetero) is 1. The molecule has 0 bridgehead atoms. The van der Waals surface area contributed by atoms with Gasteiger partial charge in [-0.3, -0.25) is 9.59 Å². The van der Waals surface area contributed by atoms with Gasteiger partial charge in [-0.25, -0.2) is 0 Å². The Morgan fingerprint density at radius 3 is 2.69 bits per heavy atom. The molecule has 0 saturated carbocycles. The predicted octanol–water partition coefficient (Wildman–Crippen LogP) is 5.77. The number of carbonyl (C=O) groups is 2. The van der Waals surface area contributed by atoms with Crippen molar-refractivity contribution < 1.29 is 23.5 Å². The number of carbonyl (C=O) groups excluding carboxylic acids is 2. The van der Waals surface area contributed by atoms with Crippen LogP contribution in [0.3, 0.4) is 0 Å². The van der Waals surface area contributed by atoms with Crippen LogP contribution >= 0.6 is 11.6 Å². The average Bonchev–Trinajstić information content (AvgIpc) is 3.49. The third-order valence-electron chi connectivity index (χ3n) is 5.64. The van der Waals surface area contributed by atoms with Gasteiger partial charge < -0.3 is 18.8 Å². The van der Waals surface area contributed by atoms with Crippen molar-refractivity contribution in [2.75, 3.05) is 0 Å². The SMILES string of the molecule is Cc1ccccc1C1C(C(=O)c2cc3cc(Cl)ccc3o2)=C(O)C(=O)N1Cc1ccco1. The van der Waals surface area contributed by atoms with Gasteiger partial charge in [-0.05, 0) is 54.4 Å². The molecule has 32 heavy (non-hydrogen) atoms. The van der Waals surface area contributed by atoms with Crippen LogP contribution in [0.2, 0.25) is 5.02 Å². The summed E-state index contributed by atoms with van der Waals surface area (Å²) in [5.74, 6) is -1.23. The van der Waals surface area contributed by atoms with Gasteiger partial charge >= 0.3 is 0 Å². The van der Waals surface area contributed by atoms with Crippen molar-refractivity contribution in [1.82, 2.24) is 4.90 Å². The summed E-state index contributed by atoms with van der Waals surface area (Å²) in [5, 5.41) is 12.0. The van der Waals surface area contributed by atoms with E-state index in [9.17, 15) is 14.7 Å². The van der Waals surface area contributed by atoms with Gasteiger partial charge in [0.15, 0.2) is 11.5 Å². The fourth-order valence-electron chi connectivity index (χ4n) is 4.09. The lowest BCUT2D eigenvalue weighted by Crippen LogP contribution is -2.31. The Hall–Kier alpha value is -3.77. The van der Waals surface area contributed by atoms with Gasteiger partial charge in [0.2, 0.25) is 5.78 Å². The Labute approximate surface area is 188 Å². The molecule has 1 amide bonds. The first kappa shape index (κ1) is 20.2. The minimum atomic E-state index is -0.793. The first-order valence-electron chi connectivity index (χ1n) is 10.00. The Morgan fingerprint density at radius 2 is 1.94 bits per heavy atom. The molecule has 4 aromatic rings. The second-order valence-electron chi connectivity index (χ2n) is 7.66. The molecule has 7 heteroatoms. The molecule has 0 saturated heterocycles. The van der Waals surface area contributed by atoms with E-state index in [1.54, 1.807) is 36.4 Å². The zero-order chi connectivity index (χ0) is 22.4. The fraction of sp³-hybridized carbons (Fsp3) is 0.120. The lowest BCUT2D eigenvalue weighted by molar-refractivity contribution is -0.130. The summed E-state index contributed by atoms with van der Waals surface area (Å²) in [5.41, 5.74) is 2.08. The molecule has 160 valence electrons. The Bertz CT molecular complexity index is 1380. The quantitative estimate of drug-likeness (QED) is 0.393. The number of halogens is 1. The highest BCUT2D eigenvalue weighted by Crippen LogP contribution is 2.41. The van der Waals surface area contributed by atoms with Gasteiger partial charge in [0.05, 0.1) is 24.4 Å². The molecule has 0 aliphatic carbocycles. The van der Waals surface area contributed by atoms with Crippen LogP contribution < -0.4 is 0 Å². The third-order valence-corrected chi connectivity index (χ3v) is 5.87. The minimum absolute atomic E-state index is 0.0232. The summed E-state index contributed by atoms with van der Waals surface area (Å²) >= 11 is 6.05. The molecule has 2 aromatic heterocycles. The number of amides is 1. The number of nitrogens with zero attached hydrogens (tertiary/aromatic N) is 1. The highest BCUT2D eigenvalue weighted by atomic mass is 35.5. The largest absolute Gasteiger partial charge is 0.503 e. The van der Waals surface area contributed by atoms with Crippen molar-refractivity contribution in [3.8, 4) is 0 Å². The summed E-state index contributed by atoms with van der Waals surface area (Å²) in [7, 11) is 0. The molecule has 5 rings (SSSR count). The van der Waals surface area contributed by atoms with Crippen LogP contribution in [0.4, 0.5) is 0 Å². The Morgan fingerprint density at radius 1 is 1.12 bits per heavy atom. The minimum Gasteiger partial charge on any atom is -0.503 e. The maximum absolute atomic E-state index is 13.6. The molecular formula is C25H18ClNO5. The molecule has 1 unspecified atom stereocenters. The zero-order valence-electron chi connectivity index (χ0n) is 17.0. The molecule has 2 aromatic carbocycles. The lowest BCUT2D eigenvalue weighted by Gasteiger charge is -2.27. The second kappa shape index (κ2) is 7.73. The number of benzene rings is 2. The zero-order valence-corrected chi connectivity index (χ0v) is 17.8. The number of ketones is 1. The van der Waals surface area contributed by atoms with Gasteiger partial charge in [0, 0.05) is 10.4 Å². The van der Waals surface area contributed by atoms with E-state index in [0.717, 1.165) is 11.1 Å². The van der Waals surface area contributed by atoms with Gasteiger partial charge in [0.25, 0.3) is 5.91 Å². The number of aryl methyl sites for hydroxylation is 1. The van der Waals surface area contributed by atoms with Crippen LogP contribution in [0.1, 0.15) is 33.5 Å². The number of aliphatic hydroxyl groups is 1. The number of rotatable bonds is 5. The molecule has 1 aliphatic heterocycles. The van der Waals surface area contributed by atoms with Crippen molar-refractivity contribution >= 4 is 34.3 Å². The number of fused-ring (bicyclic) bond motifs is 1. The summed E-state index contributed by atoms with van der Waals surface area (Å²) in [4.78, 5) is 28.1. The van der Waals surface area contributed by atoms with Crippen molar-refractivity contribution in [2.45, 2.75) is 19.5 Å². The number of aliphatic hydroxyl groups excluding tert-OH is 1. The van der Waals surface area contributed by atoms with E-state index in [1.165, 1.54) is 11.2 Å². The Balaban J connectivity index is 1.62. The summed E-state index contributed by atoms with van der Waals surface area (Å²) in [6.07, 6.45) is 1.51. The summed E-state index contributed by atoms with van der Waals surface area (Å²) in [6, 6.07) is 16.7. The van der Waals surface area contributed by atoms with Crippen LogP contribution in [0.15, 0.2) is 87.1 Å². The van der Waals surface area contributed by atoms with E-state index in [1.807, 2.05) is 31.2 Å². The highest BCUT2D eigenvalue weighted by Gasteiger charge is 2.45. The third kappa shape index (κ3) is 3.29. The fourth-order valence-corrected chi connectivity index (χ4v) is 4.28. The first-order valence-corrected chi connectivity index (χ1v) is 10.4. The van der Waals surface area contributed by atoms with Crippen molar-refractivity contribution in [2.24, 2.45) is 0 Å². The van der Waals surface area contributed by atoms with Gasteiger partial charge in [-0.2, -0.15) is 0 Å². The van der Waals surface area contributed by atoms with E-state index in [0.29, 0.717) is 21.8 Å². The van der Waals surface area contributed by atoms with Crippen molar-refractivity contribution in [3.05, 3.63) is 106 Å². The van der Waals surface area contributed by atoms with Crippen LogP contribution in [-0.4, -0.2) is 21.7 Å².